The van der Waals surface area contributed by atoms with E-state index in [9.17, 15) is 14.7 Å². The number of aliphatic carboxylic acids is 1. The summed E-state index contributed by atoms with van der Waals surface area (Å²) in [5.41, 5.74) is 2.33. The number of likely N-dealkylation sites (tertiary alicyclic amines) is 1. The number of β-amino-alcohol motifs (C(OH)–C–C–N with tert-alkyl or cyclic N) is 1. The minimum Gasteiger partial charge on any atom is -0.481 e. The Morgan fingerprint density at radius 1 is 1.20 bits per heavy atom. The van der Waals surface area contributed by atoms with Crippen LogP contribution in [0.25, 0.3) is 0 Å². The molecule has 2 rings (SSSR count). The molecule has 0 saturated carbocycles. The third-order valence-electron chi connectivity index (χ3n) is 6.53. The van der Waals surface area contributed by atoms with E-state index in [0.717, 1.165) is 17.6 Å². The first-order chi connectivity index (χ1) is 19.2. The normalized spacial score (nSPS) is 20.3. The summed E-state index contributed by atoms with van der Waals surface area (Å²) in [6, 6.07) is 0. The zero-order chi connectivity index (χ0) is 29.4. The summed E-state index contributed by atoms with van der Waals surface area (Å²) in [5.74, 6) is -0.692. The van der Waals surface area contributed by atoms with Crippen LogP contribution >= 0.6 is 11.6 Å². The van der Waals surface area contributed by atoms with E-state index >= 15 is 0 Å². The molecule has 1 unspecified atom stereocenters. The van der Waals surface area contributed by atoms with Crippen LogP contribution in [0.1, 0.15) is 45.4 Å². The number of nitrogens with zero attached hydrogens (tertiary/aromatic N) is 3. The third kappa shape index (κ3) is 10.5. The van der Waals surface area contributed by atoms with Crippen molar-refractivity contribution in [3.05, 3.63) is 96.8 Å². The lowest BCUT2D eigenvalue weighted by Gasteiger charge is -2.24. The van der Waals surface area contributed by atoms with Crippen LogP contribution < -0.4 is 0 Å². The summed E-state index contributed by atoms with van der Waals surface area (Å²) in [6.45, 7) is 10.5. The molecule has 1 fully saturated rings. The molecule has 214 valence electrons. The summed E-state index contributed by atoms with van der Waals surface area (Å²) >= 11 is 5.86. The van der Waals surface area contributed by atoms with Crippen molar-refractivity contribution >= 4 is 34.9 Å². The van der Waals surface area contributed by atoms with Crippen LogP contribution in [0.15, 0.2) is 107 Å². The predicted octanol–water partition coefficient (Wildman–Crippen LogP) is 5.92. The number of aliphatic imine (C=N–C) groups is 2. The van der Waals surface area contributed by atoms with E-state index in [1.807, 2.05) is 49.5 Å². The molecule has 0 spiro atoms. The molecule has 0 bridgehead atoms. The van der Waals surface area contributed by atoms with Crippen LogP contribution in [0.2, 0.25) is 0 Å². The number of carbonyl (C=O) groups is 2. The fourth-order valence-electron chi connectivity index (χ4n) is 4.37. The number of amides is 1. The Kier molecular flexibility index (Phi) is 14.0. The topological polar surface area (TPSA) is 103 Å². The van der Waals surface area contributed by atoms with Crippen molar-refractivity contribution in [3.8, 4) is 0 Å². The number of carboxylic acid groups (broad SMARTS) is 1. The minimum absolute atomic E-state index is 0.0710. The molecule has 1 aliphatic heterocycles. The van der Waals surface area contributed by atoms with Crippen molar-refractivity contribution in [2.75, 3.05) is 25.5 Å². The highest BCUT2D eigenvalue weighted by atomic mass is 35.5. The molecule has 1 heterocycles. The fraction of sp³-hybridized carbons (Fsp3) is 0.375. The number of halogens is 1. The molecular weight excluding hydrogens is 526 g/mol. The van der Waals surface area contributed by atoms with Crippen molar-refractivity contribution in [1.29, 1.82) is 0 Å². The van der Waals surface area contributed by atoms with Crippen molar-refractivity contribution in [2.45, 2.75) is 51.0 Å². The quantitative estimate of drug-likeness (QED) is 0.0846. The largest absolute Gasteiger partial charge is 0.481 e. The van der Waals surface area contributed by atoms with Gasteiger partial charge in [0.05, 0.1) is 30.2 Å². The number of rotatable bonds is 15. The van der Waals surface area contributed by atoms with Crippen LogP contribution in [-0.2, 0) is 9.59 Å². The minimum atomic E-state index is -1.05. The van der Waals surface area contributed by atoms with Crippen LogP contribution in [-0.4, -0.2) is 69.5 Å². The van der Waals surface area contributed by atoms with Gasteiger partial charge >= 0.3 is 5.97 Å². The van der Waals surface area contributed by atoms with Crippen LogP contribution in [0.3, 0.4) is 0 Å². The number of hydrogen-bond donors (Lipinski definition) is 2. The number of carbonyl (C=O) groups excluding carboxylic acids is 1. The maximum absolute atomic E-state index is 12.9. The van der Waals surface area contributed by atoms with Crippen LogP contribution in [0.4, 0.5) is 0 Å². The number of alkyl halides is 1. The van der Waals surface area contributed by atoms with E-state index in [1.165, 1.54) is 6.08 Å². The molecule has 1 aliphatic carbocycles. The molecule has 8 heteroatoms. The molecule has 0 radical (unpaired) electrons. The van der Waals surface area contributed by atoms with Gasteiger partial charge in [-0.2, -0.15) is 0 Å². The molecule has 1 amide bonds. The lowest BCUT2D eigenvalue weighted by molar-refractivity contribution is -0.137. The Balaban J connectivity index is 2.20. The Hall–Kier alpha value is -3.55. The summed E-state index contributed by atoms with van der Waals surface area (Å²) in [4.78, 5) is 34.9. The van der Waals surface area contributed by atoms with Gasteiger partial charge < -0.3 is 15.1 Å². The van der Waals surface area contributed by atoms with Gasteiger partial charge in [-0.15, -0.1) is 11.6 Å². The maximum atomic E-state index is 12.9. The number of carboxylic acids is 1. The first kappa shape index (κ1) is 32.7. The summed E-state index contributed by atoms with van der Waals surface area (Å²) in [6.07, 6.45) is 23.0. The summed E-state index contributed by atoms with van der Waals surface area (Å²) < 4.78 is 0. The van der Waals surface area contributed by atoms with Crippen LogP contribution in [0, 0.1) is 0 Å². The van der Waals surface area contributed by atoms with Gasteiger partial charge in [0.25, 0.3) is 0 Å². The van der Waals surface area contributed by atoms with Crippen molar-refractivity contribution in [2.24, 2.45) is 9.98 Å². The molecule has 0 aromatic rings. The smallest absolute Gasteiger partial charge is 0.303 e. The van der Waals surface area contributed by atoms with Gasteiger partial charge in [-0.3, -0.25) is 14.6 Å². The molecule has 0 aromatic heterocycles. The van der Waals surface area contributed by atoms with Gasteiger partial charge in [0, 0.05) is 24.9 Å². The van der Waals surface area contributed by atoms with E-state index in [2.05, 4.69) is 18.2 Å². The average Bonchev–Trinajstić information content (AvgIpc) is 3.14. The number of allylic oxidation sites excluding steroid dienone is 9. The highest BCUT2D eigenvalue weighted by Gasteiger charge is 2.39. The number of aliphatic hydroxyl groups is 1. The van der Waals surface area contributed by atoms with Gasteiger partial charge in [0.2, 0.25) is 5.91 Å². The first-order valence-corrected chi connectivity index (χ1v) is 14.0. The summed E-state index contributed by atoms with van der Waals surface area (Å²) in [7, 11) is 0. The zero-order valence-corrected chi connectivity index (χ0v) is 24.0. The maximum Gasteiger partial charge on any atom is 0.303 e. The second-order valence-corrected chi connectivity index (χ2v) is 9.78. The molecular formula is C32H40ClN3O4. The second kappa shape index (κ2) is 17.2. The van der Waals surface area contributed by atoms with Crippen molar-refractivity contribution in [1.82, 2.24) is 4.90 Å². The molecule has 40 heavy (non-hydrogen) atoms. The molecule has 2 aliphatic rings. The highest BCUT2D eigenvalue weighted by molar-refractivity contribution is 6.49. The SMILES string of the molecule is C=CC(=C)N=C(C(CCCCC(=O)O)=NC/C=C/C(=O)N1CCC(O)(C2=CCC=CC=C2)C1)C(/C=C\CCl)=C/C. The average molecular weight is 566 g/mol. The van der Waals surface area contributed by atoms with E-state index in [-0.39, 0.29) is 25.4 Å². The molecule has 2 N–H and O–H groups in total. The van der Waals surface area contributed by atoms with Gasteiger partial charge in [0.15, 0.2) is 0 Å². The van der Waals surface area contributed by atoms with E-state index in [4.69, 9.17) is 21.7 Å². The zero-order valence-electron chi connectivity index (χ0n) is 23.3. The molecule has 1 atom stereocenters. The number of hydrogen-bond acceptors (Lipinski definition) is 5. The van der Waals surface area contributed by atoms with Crippen molar-refractivity contribution < 1.29 is 19.8 Å². The van der Waals surface area contributed by atoms with Crippen molar-refractivity contribution in [3.63, 3.8) is 0 Å². The number of unbranched alkanes of at least 4 members (excludes halogenated alkanes) is 1. The Bertz CT molecular complexity index is 1190. The predicted molar refractivity (Wildman–Crippen MR) is 165 cm³/mol. The molecule has 1 saturated heterocycles. The van der Waals surface area contributed by atoms with Crippen LogP contribution in [0.5, 0.6) is 0 Å². The lowest BCUT2D eigenvalue weighted by atomic mass is 9.92. The third-order valence-corrected chi connectivity index (χ3v) is 6.71. The Labute approximate surface area is 242 Å². The van der Waals surface area contributed by atoms with Gasteiger partial charge in [-0.25, -0.2) is 4.99 Å². The molecule has 0 aromatic carbocycles. The monoisotopic (exact) mass is 565 g/mol. The fourth-order valence-corrected chi connectivity index (χ4v) is 4.46. The first-order valence-electron chi connectivity index (χ1n) is 13.5. The van der Waals surface area contributed by atoms with Gasteiger partial charge in [-0.1, -0.05) is 67.8 Å². The standard InChI is InChI=1S/C32H40ClN3O4/c1-4-25(3)35-31(26(5-2)14-12-21-33)28(17-10-11-19-30(38)39)34-22-13-18-29(37)36-23-20-32(40,24-36)27-15-8-6-7-9-16-27/h4-8,12-16,18,40H,1,3,9-11,17,19-24H2,2H3,(H,38,39)/b14-12-,18-13+,26-5+,34-28?,35-31?. The second-order valence-electron chi connectivity index (χ2n) is 9.47. The Morgan fingerprint density at radius 2 is 1.98 bits per heavy atom. The van der Waals surface area contributed by atoms with Gasteiger partial charge in [-0.05, 0) is 56.3 Å². The lowest BCUT2D eigenvalue weighted by Crippen LogP contribution is -2.36. The van der Waals surface area contributed by atoms with Gasteiger partial charge in [0.1, 0.15) is 5.60 Å². The van der Waals surface area contributed by atoms with E-state index < -0.39 is 11.6 Å². The summed E-state index contributed by atoms with van der Waals surface area (Å²) in [5, 5.41) is 20.2. The Morgan fingerprint density at radius 3 is 2.67 bits per heavy atom. The highest BCUT2D eigenvalue weighted by Crippen LogP contribution is 2.31. The van der Waals surface area contributed by atoms with E-state index in [0.29, 0.717) is 55.2 Å². The van der Waals surface area contributed by atoms with E-state index in [1.54, 1.807) is 23.1 Å². The molecule has 7 nitrogen and oxygen atoms in total.